The zero-order valence-corrected chi connectivity index (χ0v) is 14.3. The molecule has 1 aromatic carbocycles. The summed E-state index contributed by atoms with van der Waals surface area (Å²) in [6, 6.07) is 13.4. The number of nitrogens with zero attached hydrogens (tertiary/aromatic N) is 3. The van der Waals surface area contributed by atoms with Crippen LogP contribution in [-0.2, 0) is 0 Å². The van der Waals surface area contributed by atoms with Crippen molar-refractivity contribution >= 4 is 17.3 Å². The van der Waals surface area contributed by atoms with Crippen LogP contribution < -0.4 is 15.4 Å². The molecule has 2 N–H and O–H groups in total. The highest BCUT2D eigenvalue weighted by atomic mass is 16.5. The molecule has 2 heterocycles. The smallest absolute Gasteiger partial charge is 0.262 e. The van der Waals surface area contributed by atoms with Crippen molar-refractivity contribution in [3.05, 3.63) is 61.1 Å². The van der Waals surface area contributed by atoms with Gasteiger partial charge in [-0.2, -0.15) is 0 Å². The molecule has 0 spiro atoms. The van der Waals surface area contributed by atoms with E-state index in [1.165, 1.54) is 0 Å². The van der Waals surface area contributed by atoms with Crippen LogP contribution in [0.4, 0.5) is 17.3 Å². The van der Waals surface area contributed by atoms with Gasteiger partial charge in [0.2, 0.25) is 0 Å². The molecule has 0 aliphatic heterocycles. The molecule has 0 aliphatic carbocycles. The van der Waals surface area contributed by atoms with Crippen molar-refractivity contribution in [2.45, 2.75) is 13.8 Å². The van der Waals surface area contributed by atoms with E-state index in [9.17, 15) is 0 Å². The molecule has 0 radical (unpaired) electrons. The van der Waals surface area contributed by atoms with Crippen LogP contribution in [0.25, 0.3) is 0 Å². The number of nitrogens with one attached hydrogen (secondary N) is 2. The van der Waals surface area contributed by atoms with E-state index in [1.54, 1.807) is 18.6 Å². The molecule has 0 aliphatic rings. The summed E-state index contributed by atoms with van der Waals surface area (Å²) in [6.07, 6.45) is 5.02. The minimum atomic E-state index is 0.466. The first-order chi connectivity index (χ1) is 12.2. The Morgan fingerprint density at radius 1 is 0.920 bits per heavy atom. The second-order valence-corrected chi connectivity index (χ2v) is 5.95. The third-order valence-electron chi connectivity index (χ3n) is 3.35. The summed E-state index contributed by atoms with van der Waals surface area (Å²) in [4.78, 5) is 12.8. The maximum Gasteiger partial charge on any atom is 0.262 e. The standard InChI is InChI=1S/C19H21N5O/c1-14(2)13-23-18-19(22-12-11-21-18)25-16-8-6-15(7-9-16)24-17-5-3-4-10-20-17/h3-12,14H,13H2,1-2H3,(H,20,24)(H,21,23). The zero-order valence-electron chi connectivity index (χ0n) is 14.3. The second kappa shape index (κ2) is 8.10. The molecule has 6 heteroatoms. The van der Waals surface area contributed by atoms with E-state index in [4.69, 9.17) is 4.74 Å². The predicted molar refractivity (Wildman–Crippen MR) is 99.4 cm³/mol. The van der Waals surface area contributed by atoms with Crippen molar-refractivity contribution in [3.8, 4) is 11.6 Å². The number of aromatic nitrogens is 3. The lowest BCUT2D eigenvalue weighted by Crippen LogP contribution is -2.10. The van der Waals surface area contributed by atoms with E-state index in [2.05, 4.69) is 39.4 Å². The Kier molecular flexibility index (Phi) is 5.41. The summed E-state index contributed by atoms with van der Waals surface area (Å²) in [6.45, 7) is 5.08. The van der Waals surface area contributed by atoms with Crippen LogP contribution in [0.3, 0.4) is 0 Å². The summed E-state index contributed by atoms with van der Waals surface area (Å²) >= 11 is 0. The predicted octanol–water partition coefficient (Wildman–Crippen LogP) is 4.48. The largest absolute Gasteiger partial charge is 0.436 e. The molecule has 0 fully saturated rings. The Labute approximate surface area is 147 Å². The van der Waals surface area contributed by atoms with Gasteiger partial charge in [-0.15, -0.1) is 0 Å². The second-order valence-electron chi connectivity index (χ2n) is 5.95. The van der Waals surface area contributed by atoms with Crippen molar-refractivity contribution in [3.63, 3.8) is 0 Å². The van der Waals surface area contributed by atoms with Crippen LogP contribution in [-0.4, -0.2) is 21.5 Å². The number of benzene rings is 1. The Balaban J connectivity index is 1.67. The van der Waals surface area contributed by atoms with E-state index in [0.29, 0.717) is 23.4 Å². The van der Waals surface area contributed by atoms with Gasteiger partial charge in [0.25, 0.3) is 5.88 Å². The molecule has 0 unspecified atom stereocenters. The number of ether oxygens (including phenoxy) is 1. The van der Waals surface area contributed by atoms with Gasteiger partial charge in [0.05, 0.1) is 0 Å². The molecule has 0 amide bonds. The lowest BCUT2D eigenvalue weighted by atomic mass is 10.2. The molecular weight excluding hydrogens is 314 g/mol. The zero-order chi connectivity index (χ0) is 17.5. The van der Waals surface area contributed by atoms with E-state index in [-0.39, 0.29) is 0 Å². The number of rotatable bonds is 7. The maximum absolute atomic E-state index is 5.87. The quantitative estimate of drug-likeness (QED) is 0.663. The van der Waals surface area contributed by atoms with E-state index >= 15 is 0 Å². The van der Waals surface area contributed by atoms with Gasteiger partial charge in [-0.1, -0.05) is 19.9 Å². The number of pyridine rings is 1. The normalized spacial score (nSPS) is 10.5. The van der Waals surface area contributed by atoms with Gasteiger partial charge in [0, 0.05) is 30.8 Å². The molecule has 0 bridgehead atoms. The molecular formula is C19H21N5O. The third kappa shape index (κ3) is 4.91. The van der Waals surface area contributed by atoms with E-state index in [1.807, 2.05) is 42.5 Å². The van der Waals surface area contributed by atoms with Crippen molar-refractivity contribution in [1.29, 1.82) is 0 Å². The Hall–Kier alpha value is -3.15. The van der Waals surface area contributed by atoms with Gasteiger partial charge in [0.1, 0.15) is 11.6 Å². The Morgan fingerprint density at radius 3 is 2.44 bits per heavy atom. The fourth-order valence-electron chi connectivity index (χ4n) is 2.12. The lowest BCUT2D eigenvalue weighted by molar-refractivity contribution is 0.462. The minimum Gasteiger partial charge on any atom is -0.436 e. The first-order valence-electron chi connectivity index (χ1n) is 8.21. The van der Waals surface area contributed by atoms with Crippen LogP contribution in [0.5, 0.6) is 11.6 Å². The van der Waals surface area contributed by atoms with Crippen LogP contribution in [0.2, 0.25) is 0 Å². The lowest BCUT2D eigenvalue weighted by Gasteiger charge is -2.12. The van der Waals surface area contributed by atoms with Crippen LogP contribution in [0.15, 0.2) is 61.1 Å². The first-order valence-corrected chi connectivity index (χ1v) is 8.21. The molecule has 3 aromatic rings. The highest BCUT2D eigenvalue weighted by Crippen LogP contribution is 2.26. The summed E-state index contributed by atoms with van der Waals surface area (Å²) in [5, 5.41) is 6.49. The first kappa shape index (κ1) is 16.7. The van der Waals surface area contributed by atoms with Gasteiger partial charge in [-0.3, -0.25) is 0 Å². The van der Waals surface area contributed by atoms with Gasteiger partial charge in [-0.05, 0) is 42.3 Å². The summed E-state index contributed by atoms with van der Waals surface area (Å²) in [5.41, 5.74) is 0.934. The van der Waals surface area contributed by atoms with Crippen LogP contribution in [0.1, 0.15) is 13.8 Å². The van der Waals surface area contributed by atoms with Crippen LogP contribution >= 0.6 is 0 Å². The van der Waals surface area contributed by atoms with Crippen molar-refractivity contribution in [2.24, 2.45) is 5.92 Å². The number of hydrogen-bond donors (Lipinski definition) is 2. The molecule has 2 aromatic heterocycles. The molecule has 0 saturated carbocycles. The molecule has 0 saturated heterocycles. The monoisotopic (exact) mass is 335 g/mol. The topological polar surface area (TPSA) is 72.0 Å². The average Bonchev–Trinajstić information content (AvgIpc) is 2.63. The SMILES string of the molecule is CC(C)CNc1nccnc1Oc1ccc(Nc2ccccn2)cc1. The molecule has 3 rings (SSSR count). The van der Waals surface area contributed by atoms with Gasteiger partial charge in [-0.25, -0.2) is 15.0 Å². The highest BCUT2D eigenvalue weighted by molar-refractivity contribution is 5.57. The molecule has 0 atom stereocenters. The van der Waals surface area contributed by atoms with Crippen molar-refractivity contribution in [2.75, 3.05) is 17.2 Å². The number of hydrogen-bond acceptors (Lipinski definition) is 6. The van der Waals surface area contributed by atoms with E-state index in [0.717, 1.165) is 18.1 Å². The third-order valence-corrected chi connectivity index (χ3v) is 3.35. The highest BCUT2D eigenvalue weighted by Gasteiger charge is 2.08. The van der Waals surface area contributed by atoms with Gasteiger partial charge < -0.3 is 15.4 Å². The Morgan fingerprint density at radius 2 is 1.72 bits per heavy atom. The minimum absolute atomic E-state index is 0.466. The fourth-order valence-corrected chi connectivity index (χ4v) is 2.12. The van der Waals surface area contributed by atoms with Gasteiger partial charge in [0.15, 0.2) is 5.82 Å². The summed E-state index contributed by atoms with van der Waals surface area (Å²) in [5.74, 6) is 3.11. The maximum atomic E-state index is 5.87. The molecule has 128 valence electrons. The van der Waals surface area contributed by atoms with Crippen LogP contribution in [0, 0.1) is 5.92 Å². The summed E-state index contributed by atoms with van der Waals surface area (Å²) < 4.78 is 5.87. The molecule has 6 nitrogen and oxygen atoms in total. The van der Waals surface area contributed by atoms with E-state index < -0.39 is 0 Å². The van der Waals surface area contributed by atoms with Gasteiger partial charge >= 0.3 is 0 Å². The molecule has 25 heavy (non-hydrogen) atoms. The number of anilines is 3. The summed E-state index contributed by atoms with van der Waals surface area (Å²) in [7, 11) is 0. The average molecular weight is 335 g/mol. The Bertz CT molecular complexity index is 790. The van der Waals surface area contributed by atoms with Crippen molar-refractivity contribution in [1.82, 2.24) is 15.0 Å². The fraction of sp³-hybridized carbons (Fsp3) is 0.211. The van der Waals surface area contributed by atoms with Crippen molar-refractivity contribution < 1.29 is 4.74 Å².